The van der Waals surface area contributed by atoms with Crippen molar-refractivity contribution >= 4 is 34.2 Å². The average molecular weight is 361 g/mol. The van der Waals surface area contributed by atoms with E-state index in [4.69, 9.17) is 4.74 Å². The summed E-state index contributed by atoms with van der Waals surface area (Å²) in [5.74, 6) is -0.363. The van der Waals surface area contributed by atoms with Gasteiger partial charge in [0.25, 0.3) is 0 Å². The molecule has 4 rings (SSSR count). The van der Waals surface area contributed by atoms with Crippen molar-refractivity contribution in [2.45, 2.75) is 12.5 Å². The highest BCUT2D eigenvalue weighted by Crippen LogP contribution is 2.26. The highest BCUT2D eigenvalue weighted by molar-refractivity contribution is 6.02. The quantitative estimate of drug-likeness (QED) is 0.723. The summed E-state index contributed by atoms with van der Waals surface area (Å²) in [5, 5.41) is 4.26. The molecule has 136 valence electrons. The van der Waals surface area contributed by atoms with Gasteiger partial charge in [-0.2, -0.15) is 0 Å². The predicted molar refractivity (Wildman–Crippen MR) is 104 cm³/mol. The Balaban J connectivity index is 1.48. The van der Waals surface area contributed by atoms with Gasteiger partial charge in [0.1, 0.15) is 6.04 Å². The number of amides is 1. The summed E-state index contributed by atoms with van der Waals surface area (Å²) in [6.45, 7) is 0.636. The first-order valence-electron chi connectivity index (χ1n) is 8.77. The van der Waals surface area contributed by atoms with Gasteiger partial charge in [-0.25, -0.2) is 4.79 Å². The van der Waals surface area contributed by atoms with Gasteiger partial charge in [0.2, 0.25) is 5.91 Å². The molecule has 1 N–H and O–H groups in total. The maximum atomic E-state index is 12.8. The van der Waals surface area contributed by atoms with E-state index in [1.54, 1.807) is 35.4 Å². The first-order valence-corrected chi connectivity index (χ1v) is 8.77. The zero-order valence-electron chi connectivity index (χ0n) is 14.9. The van der Waals surface area contributed by atoms with Crippen LogP contribution in [0.1, 0.15) is 16.8 Å². The van der Waals surface area contributed by atoms with Crippen molar-refractivity contribution in [3.63, 3.8) is 0 Å². The normalized spacial score (nSPS) is 16.6. The fourth-order valence-electron chi connectivity index (χ4n) is 3.30. The Morgan fingerprint density at radius 2 is 1.96 bits per heavy atom. The fraction of sp³-hybridized carbons (Fsp3) is 0.190. The summed E-state index contributed by atoms with van der Waals surface area (Å²) >= 11 is 0. The number of hydrogen-bond donors (Lipinski definition) is 1. The van der Waals surface area contributed by atoms with Crippen LogP contribution in [0, 0.1) is 0 Å². The van der Waals surface area contributed by atoms with E-state index in [2.05, 4.69) is 10.3 Å². The Labute approximate surface area is 156 Å². The molecule has 1 aliphatic heterocycles. The number of nitrogens with zero attached hydrogens (tertiary/aromatic N) is 2. The number of ether oxygens (including phenoxy) is 1. The van der Waals surface area contributed by atoms with Gasteiger partial charge in [-0.3, -0.25) is 9.78 Å². The van der Waals surface area contributed by atoms with Gasteiger partial charge in [-0.05, 0) is 42.8 Å². The van der Waals surface area contributed by atoms with E-state index in [0.717, 1.165) is 22.3 Å². The molecule has 0 bridgehead atoms. The Bertz CT molecular complexity index is 1000. The molecule has 2 heterocycles. The molecule has 1 amide bonds. The lowest BCUT2D eigenvalue weighted by molar-refractivity contribution is -0.117. The number of aromatic nitrogens is 1. The van der Waals surface area contributed by atoms with Crippen LogP contribution >= 0.6 is 0 Å². The minimum atomic E-state index is -0.381. The average Bonchev–Trinajstić information content (AvgIpc) is 3.08. The van der Waals surface area contributed by atoms with Gasteiger partial charge >= 0.3 is 5.97 Å². The molecule has 3 aromatic rings. The number of nitrogens with one attached hydrogen (secondary N) is 1. The van der Waals surface area contributed by atoms with Gasteiger partial charge in [-0.1, -0.05) is 18.2 Å². The number of fused-ring (bicyclic) bond motifs is 1. The van der Waals surface area contributed by atoms with Gasteiger partial charge in [0, 0.05) is 17.6 Å². The number of pyridine rings is 1. The number of anilines is 2. The molecule has 0 saturated carbocycles. The van der Waals surface area contributed by atoms with Crippen molar-refractivity contribution in [1.82, 2.24) is 4.98 Å². The van der Waals surface area contributed by atoms with Crippen molar-refractivity contribution < 1.29 is 14.3 Å². The molecular weight excluding hydrogens is 342 g/mol. The van der Waals surface area contributed by atoms with Crippen LogP contribution in [0.5, 0.6) is 0 Å². The lowest BCUT2D eigenvalue weighted by Crippen LogP contribution is -2.33. The number of rotatable bonds is 4. The molecule has 1 aromatic heterocycles. The van der Waals surface area contributed by atoms with Gasteiger partial charge in [0.05, 0.1) is 30.1 Å². The third-order valence-electron chi connectivity index (χ3n) is 4.74. The van der Waals surface area contributed by atoms with Crippen LogP contribution < -0.4 is 10.2 Å². The summed E-state index contributed by atoms with van der Waals surface area (Å²) < 4.78 is 4.69. The molecule has 1 saturated heterocycles. The number of methoxy groups -OCH3 is 1. The maximum Gasteiger partial charge on any atom is 0.337 e. The van der Waals surface area contributed by atoms with Crippen molar-refractivity contribution in [2.24, 2.45) is 0 Å². The molecule has 1 fully saturated rings. The number of para-hydroxylation sites is 1. The molecule has 1 atom stereocenters. The van der Waals surface area contributed by atoms with Crippen LogP contribution in [0.4, 0.5) is 11.4 Å². The number of benzene rings is 2. The zero-order chi connectivity index (χ0) is 18.8. The van der Waals surface area contributed by atoms with Gasteiger partial charge in [0.15, 0.2) is 0 Å². The van der Waals surface area contributed by atoms with Gasteiger partial charge in [-0.15, -0.1) is 0 Å². The van der Waals surface area contributed by atoms with E-state index < -0.39 is 0 Å². The van der Waals surface area contributed by atoms with Crippen LogP contribution in [-0.2, 0) is 9.53 Å². The second-order valence-electron chi connectivity index (χ2n) is 6.43. The van der Waals surface area contributed by atoms with Crippen molar-refractivity contribution in [3.05, 3.63) is 66.4 Å². The first-order chi connectivity index (χ1) is 13.2. The summed E-state index contributed by atoms with van der Waals surface area (Å²) in [6, 6.07) is 16.5. The standard InChI is InChI=1S/C21H19N3O3/c1-27-21(26)14-6-8-16(9-7-14)23-19-10-11-24(20(19)25)17-12-15-4-2-3-5-18(15)22-13-17/h2-9,12-13,19,23H,10-11H2,1H3. The molecule has 6 heteroatoms. The van der Waals surface area contributed by atoms with Crippen LogP contribution in [0.25, 0.3) is 10.9 Å². The van der Waals surface area contributed by atoms with Crippen molar-refractivity contribution in [1.29, 1.82) is 0 Å². The molecule has 0 radical (unpaired) electrons. The van der Waals surface area contributed by atoms with Crippen molar-refractivity contribution in [3.8, 4) is 0 Å². The smallest absolute Gasteiger partial charge is 0.337 e. The molecular formula is C21H19N3O3. The van der Waals surface area contributed by atoms with Crippen molar-refractivity contribution in [2.75, 3.05) is 23.9 Å². The third kappa shape index (κ3) is 3.33. The highest BCUT2D eigenvalue weighted by atomic mass is 16.5. The predicted octanol–water partition coefficient (Wildman–Crippen LogP) is 3.24. The molecule has 27 heavy (non-hydrogen) atoms. The largest absolute Gasteiger partial charge is 0.465 e. The monoisotopic (exact) mass is 361 g/mol. The summed E-state index contributed by atoms with van der Waals surface area (Å²) in [6.07, 6.45) is 2.44. The molecule has 1 unspecified atom stereocenters. The topological polar surface area (TPSA) is 71.5 Å². The Kier molecular flexibility index (Phi) is 4.46. The lowest BCUT2D eigenvalue weighted by Gasteiger charge is -2.18. The first kappa shape index (κ1) is 17.0. The zero-order valence-corrected chi connectivity index (χ0v) is 14.9. The molecule has 0 aliphatic carbocycles. The molecule has 1 aliphatic rings. The Morgan fingerprint density at radius 1 is 1.19 bits per heavy atom. The summed E-state index contributed by atoms with van der Waals surface area (Å²) in [4.78, 5) is 30.5. The van der Waals surface area contributed by atoms with Crippen LogP contribution in [0.3, 0.4) is 0 Å². The fourth-order valence-corrected chi connectivity index (χ4v) is 3.30. The maximum absolute atomic E-state index is 12.8. The highest BCUT2D eigenvalue weighted by Gasteiger charge is 2.32. The number of hydrogen-bond acceptors (Lipinski definition) is 5. The molecule has 0 spiro atoms. The van der Waals surface area contributed by atoms with E-state index in [1.165, 1.54) is 7.11 Å². The lowest BCUT2D eigenvalue weighted by atomic mass is 10.2. The minimum Gasteiger partial charge on any atom is -0.465 e. The second kappa shape index (κ2) is 7.07. The summed E-state index contributed by atoms with van der Waals surface area (Å²) in [7, 11) is 1.35. The van der Waals surface area contributed by atoms with E-state index in [-0.39, 0.29) is 17.9 Å². The van der Waals surface area contributed by atoms with E-state index in [1.807, 2.05) is 30.3 Å². The van der Waals surface area contributed by atoms with Crippen LogP contribution in [0.15, 0.2) is 60.8 Å². The number of esters is 1. The second-order valence-corrected chi connectivity index (χ2v) is 6.43. The van der Waals surface area contributed by atoms with Crippen LogP contribution in [0.2, 0.25) is 0 Å². The van der Waals surface area contributed by atoms with E-state index >= 15 is 0 Å². The SMILES string of the molecule is COC(=O)c1ccc(NC2CCN(c3cnc4ccccc4c3)C2=O)cc1. The van der Waals surface area contributed by atoms with Crippen LogP contribution in [-0.4, -0.2) is 36.6 Å². The molecule has 2 aromatic carbocycles. The summed E-state index contributed by atoms with van der Waals surface area (Å²) in [5.41, 5.74) is 2.99. The number of carbonyl (C=O) groups is 2. The van der Waals surface area contributed by atoms with Gasteiger partial charge < -0.3 is 15.0 Å². The number of carbonyl (C=O) groups excluding carboxylic acids is 2. The molecule has 6 nitrogen and oxygen atoms in total. The third-order valence-corrected chi connectivity index (χ3v) is 4.74. The Morgan fingerprint density at radius 3 is 2.74 bits per heavy atom. The van der Waals surface area contributed by atoms with E-state index in [0.29, 0.717) is 18.5 Å². The minimum absolute atomic E-state index is 0.0177. The van der Waals surface area contributed by atoms with E-state index in [9.17, 15) is 9.59 Å². The Hall–Kier alpha value is -3.41.